The monoisotopic (exact) mass is 554 g/mol. The smallest absolute Gasteiger partial charge is 0.425 e. The van der Waals surface area contributed by atoms with Crippen LogP contribution in [0.15, 0.2) is 41.1 Å². The number of benzene rings is 1. The van der Waals surface area contributed by atoms with E-state index in [9.17, 15) is 19.2 Å². The Labute approximate surface area is 204 Å². The van der Waals surface area contributed by atoms with Gasteiger partial charge in [0.1, 0.15) is 10.3 Å². The van der Waals surface area contributed by atoms with Gasteiger partial charge in [-0.25, -0.2) is 19.9 Å². The van der Waals surface area contributed by atoms with Crippen LogP contribution in [0.1, 0.15) is 31.2 Å². The van der Waals surface area contributed by atoms with Gasteiger partial charge in [-0.3, -0.25) is 19.8 Å². The summed E-state index contributed by atoms with van der Waals surface area (Å²) < 4.78 is 5.88. The molecular formula is C19H13BrCl2N6O5. The van der Waals surface area contributed by atoms with Gasteiger partial charge in [0.05, 0.1) is 23.4 Å². The van der Waals surface area contributed by atoms with Gasteiger partial charge < -0.3 is 10.1 Å². The molecule has 3 rings (SSSR count). The molecule has 0 bridgehead atoms. The molecular weight excluding hydrogens is 543 g/mol. The Morgan fingerprint density at radius 3 is 2.58 bits per heavy atom. The minimum atomic E-state index is -0.937. The van der Waals surface area contributed by atoms with Crippen molar-refractivity contribution in [2.24, 2.45) is 0 Å². The third kappa shape index (κ3) is 5.48. The lowest BCUT2D eigenvalue weighted by molar-refractivity contribution is 0.0921. The van der Waals surface area contributed by atoms with Crippen LogP contribution in [0.3, 0.4) is 0 Å². The average molecular weight is 556 g/mol. The van der Waals surface area contributed by atoms with Crippen LogP contribution in [0, 0.1) is 0 Å². The molecule has 3 aromatic rings. The number of ether oxygens (including phenoxy) is 1. The van der Waals surface area contributed by atoms with Crippen molar-refractivity contribution in [2.75, 3.05) is 12.4 Å². The van der Waals surface area contributed by atoms with Crippen molar-refractivity contribution in [1.29, 1.82) is 0 Å². The maximum absolute atomic E-state index is 13.1. The number of hydrogen-bond donors (Lipinski definition) is 3. The first-order valence-corrected chi connectivity index (χ1v) is 10.4. The molecule has 0 saturated carbocycles. The third-order valence-corrected chi connectivity index (χ3v) is 4.96. The highest BCUT2D eigenvalue weighted by atomic mass is 79.9. The second-order valence-corrected chi connectivity index (χ2v) is 7.79. The number of pyridine rings is 1. The lowest BCUT2D eigenvalue weighted by Gasteiger charge is -2.15. The number of nitrogens with one attached hydrogen (secondary N) is 3. The maximum Gasteiger partial charge on any atom is 0.425 e. The van der Waals surface area contributed by atoms with Gasteiger partial charge in [0.15, 0.2) is 12.1 Å². The number of amides is 3. The van der Waals surface area contributed by atoms with Gasteiger partial charge in [0.25, 0.3) is 11.8 Å². The Balaban J connectivity index is 2.01. The molecule has 3 amide bonds. The van der Waals surface area contributed by atoms with Gasteiger partial charge in [-0.1, -0.05) is 23.2 Å². The van der Waals surface area contributed by atoms with Crippen molar-refractivity contribution in [1.82, 2.24) is 25.6 Å². The van der Waals surface area contributed by atoms with Gasteiger partial charge in [-0.2, -0.15) is 5.10 Å². The van der Waals surface area contributed by atoms with Crippen molar-refractivity contribution >= 4 is 69.0 Å². The van der Waals surface area contributed by atoms with Crippen molar-refractivity contribution in [3.8, 4) is 5.82 Å². The summed E-state index contributed by atoms with van der Waals surface area (Å²) in [5.74, 6) is -1.43. The highest BCUT2D eigenvalue weighted by Gasteiger charge is 2.23. The Morgan fingerprint density at radius 2 is 1.91 bits per heavy atom. The van der Waals surface area contributed by atoms with E-state index in [2.05, 4.69) is 41.5 Å². The number of methoxy groups -OCH3 is 1. The van der Waals surface area contributed by atoms with Crippen LogP contribution in [0.25, 0.3) is 5.82 Å². The number of hydrogen-bond acceptors (Lipinski definition) is 7. The van der Waals surface area contributed by atoms with Crippen molar-refractivity contribution in [3.05, 3.63) is 68.0 Å². The minimum absolute atomic E-state index is 0.00619. The second kappa shape index (κ2) is 10.4. The van der Waals surface area contributed by atoms with Gasteiger partial charge in [-0.05, 0) is 40.2 Å². The van der Waals surface area contributed by atoms with Gasteiger partial charge in [-0.15, -0.1) is 0 Å². The number of hydrazine groups is 1. The zero-order valence-electron chi connectivity index (χ0n) is 16.6. The Kier molecular flexibility index (Phi) is 7.63. The summed E-state index contributed by atoms with van der Waals surface area (Å²) in [6, 6.07) is 7.05. The van der Waals surface area contributed by atoms with E-state index in [1.165, 1.54) is 29.1 Å². The molecule has 3 N–H and O–H groups in total. The van der Waals surface area contributed by atoms with Crippen LogP contribution in [-0.4, -0.2) is 46.1 Å². The zero-order valence-corrected chi connectivity index (χ0v) is 19.7. The van der Waals surface area contributed by atoms with Crippen LogP contribution in [0.4, 0.5) is 10.5 Å². The predicted octanol–water partition coefficient (Wildman–Crippen LogP) is 3.40. The Bertz CT molecular complexity index is 1270. The minimum Gasteiger partial charge on any atom is -0.452 e. The Morgan fingerprint density at radius 1 is 1.15 bits per heavy atom. The third-order valence-electron chi connectivity index (χ3n) is 4.06. The highest BCUT2D eigenvalue weighted by molar-refractivity contribution is 9.10. The average Bonchev–Trinajstić information content (AvgIpc) is 3.19. The zero-order chi connectivity index (χ0) is 24.1. The Hall–Kier alpha value is -3.48. The molecule has 33 heavy (non-hydrogen) atoms. The van der Waals surface area contributed by atoms with Gasteiger partial charge >= 0.3 is 6.09 Å². The van der Waals surface area contributed by atoms with E-state index in [0.29, 0.717) is 10.9 Å². The highest BCUT2D eigenvalue weighted by Crippen LogP contribution is 2.27. The molecule has 0 aliphatic rings. The number of aldehydes is 1. The second-order valence-electron chi connectivity index (χ2n) is 6.13. The number of aromatic nitrogens is 3. The summed E-state index contributed by atoms with van der Waals surface area (Å²) in [7, 11) is 1.10. The van der Waals surface area contributed by atoms with Crippen molar-refractivity contribution < 1.29 is 23.9 Å². The molecule has 0 aliphatic heterocycles. The van der Waals surface area contributed by atoms with E-state index >= 15 is 0 Å². The molecule has 1 aromatic carbocycles. The van der Waals surface area contributed by atoms with E-state index in [4.69, 9.17) is 23.2 Å². The van der Waals surface area contributed by atoms with Crippen LogP contribution in [-0.2, 0) is 4.74 Å². The fourth-order valence-electron chi connectivity index (χ4n) is 2.65. The van der Waals surface area contributed by atoms with Gasteiger partial charge in [0.2, 0.25) is 0 Å². The molecule has 2 aromatic heterocycles. The fraction of sp³-hybridized carbons (Fsp3) is 0.0526. The quantitative estimate of drug-likeness (QED) is 0.323. The number of nitrogens with zero attached hydrogens (tertiary/aromatic N) is 3. The summed E-state index contributed by atoms with van der Waals surface area (Å²) in [6.45, 7) is 0. The van der Waals surface area contributed by atoms with Gasteiger partial charge in [0, 0.05) is 22.8 Å². The van der Waals surface area contributed by atoms with Crippen LogP contribution >= 0.6 is 39.1 Å². The number of anilines is 1. The van der Waals surface area contributed by atoms with E-state index in [1.54, 1.807) is 12.1 Å². The SMILES string of the molecule is COC(=O)NNC(=O)c1cc(Cl)cc(C=O)c1NC(=O)c1cc(Br)nn1-c1ncccc1Cl. The molecule has 0 atom stereocenters. The summed E-state index contributed by atoms with van der Waals surface area (Å²) >= 11 is 15.4. The van der Waals surface area contributed by atoms with Crippen LogP contribution in [0.2, 0.25) is 10.0 Å². The molecule has 0 fully saturated rings. The first-order valence-electron chi connectivity index (χ1n) is 8.86. The molecule has 170 valence electrons. The number of rotatable bonds is 5. The van der Waals surface area contributed by atoms with E-state index in [1.807, 2.05) is 5.43 Å². The predicted molar refractivity (Wildman–Crippen MR) is 122 cm³/mol. The molecule has 0 spiro atoms. The molecule has 2 heterocycles. The first kappa shape index (κ1) is 24.2. The standard InChI is InChI=1S/C19H13BrCl2N6O5/c1-33-19(32)26-25-17(30)11-6-10(21)5-9(8-29)15(11)24-18(31)13-7-14(20)27-28(13)16-12(22)3-2-4-23-16/h2-8H,1H3,(H,24,31)(H,25,30)(H,26,32). The topological polar surface area (TPSA) is 144 Å². The molecule has 0 radical (unpaired) electrons. The summed E-state index contributed by atoms with van der Waals surface area (Å²) in [4.78, 5) is 52.8. The van der Waals surface area contributed by atoms with Crippen molar-refractivity contribution in [3.63, 3.8) is 0 Å². The molecule has 14 heteroatoms. The first-order chi connectivity index (χ1) is 15.7. The number of carbonyl (C=O) groups excluding carboxylic acids is 4. The fourth-order valence-corrected chi connectivity index (χ4v) is 3.46. The lowest BCUT2D eigenvalue weighted by atomic mass is 10.1. The summed E-state index contributed by atoms with van der Waals surface area (Å²) in [5, 5.41) is 6.96. The van der Waals surface area contributed by atoms with E-state index < -0.39 is 17.9 Å². The van der Waals surface area contributed by atoms with E-state index in [0.717, 1.165) is 7.11 Å². The van der Waals surface area contributed by atoms with E-state index in [-0.39, 0.29) is 38.4 Å². The van der Waals surface area contributed by atoms with Crippen LogP contribution < -0.4 is 16.2 Å². The number of halogens is 3. The molecule has 0 unspecified atom stereocenters. The molecule has 0 saturated heterocycles. The normalized spacial score (nSPS) is 10.3. The number of carbonyl (C=O) groups is 4. The largest absolute Gasteiger partial charge is 0.452 e. The summed E-state index contributed by atoms with van der Waals surface area (Å²) in [6.07, 6.45) is 0.945. The molecule has 11 nitrogen and oxygen atoms in total. The maximum atomic E-state index is 13.1. The summed E-state index contributed by atoms with van der Waals surface area (Å²) in [5.41, 5.74) is 3.64. The lowest BCUT2D eigenvalue weighted by Crippen LogP contribution is -2.42. The molecule has 0 aliphatic carbocycles. The van der Waals surface area contributed by atoms with Crippen LogP contribution in [0.5, 0.6) is 0 Å². The van der Waals surface area contributed by atoms with Crippen molar-refractivity contribution in [2.45, 2.75) is 0 Å².